The second-order valence-corrected chi connectivity index (χ2v) is 6.02. The summed E-state index contributed by atoms with van der Waals surface area (Å²) in [7, 11) is 0. The van der Waals surface area contributed by atoms with Crippen molar-refractivity contribution in [1.82, 2.24) is 15.5 Å². The van der Waals surface area contributed by atoms with Gasteiger partial charge in [0.05, 0.1) is 11.5 Å². The van der Waals surface area contributed by atoms with E-state index in [9.17, 15) is 19.5 Å². The lowest BCUT2D eigenvalue weighted by Crippen LogP contribution is -2.54. The summed E-state index contributed by atoms with van der Waals surface area (Å²) in [4.78, 5) is 36.6. The summed E-state index contributed by atoms with van der Waals surface area (Å²) in [6, 6.07) is -0.463. The Morgan fingerprint density at radius 3 is 2.86 bits per heavy atom. The van der Waals surface area contributed by atoms with Gasteiger partial charge in [-0.1, -0.05) is 13.3 Å². The molecule has 0 aromatic carbocycles. The number of urea groups is 1. The molecular weight excluding hydrogens is 274 g/mol. The van der Waals surface area contributed by atoms with Crippen molar-refractivity contribution < 1.29 is 19.5 Å². The lowest BCUT2D eigenvalue weighted by atomic mass is 9.76. The standard InChI is InChI=1S/C14H23N3O4/c1-2-4-14(12(19)20)5-3-6-17(9-14)13(21)16-10-7-11(18)15-8-10/h10H,2-9H2,1H3,(H,15,18)(H,16,21)(H,19,20). The smallest absolute Gasteiger partial charge is 0.317 e. The van der Waals surface area contributed by atoms with E-state index < -0.39 is 11.4 Å². The highest BCUT2D eigenvalue weighted by atomic mass is 16.4. The Labute approximate surface area is 124 Å². The molecule has 118 valence electrons. The molecule has 21 heavy (non-hydrogen) atoms. The molecule has 2 saturated heterocycles. The van der Waals surface area contributed by atoms with Gasteiger partial charge in [0, 0.05) is 26.1 Å². The lowest BCUT2D eigenvalue weighted by molar-refractivity contribution is -0.152. The van der Waals surface area contributed by atoms with Gasteiger partial charge in [-0.2, -0.15) is 0 Å². The Hall–Kier alpha value is -1.79. The number of aliphatic carboxylic acids is 1. The second-order valence-electron chi connectivity index (χ2n) is 6.02. The Bertz CT molecular complexity index is 436. The van der Waals surface area contributed by atoms with Crippen LogP contribution in [-0.2, 0) is 9.59 Å². The van der Waals surface area contributed by atoms with Crippen LogP contribution in [0.1, 0.15) is 39.0 Å². The number of carboxylic acid groups (broad SMARTS) is 1. The molecule has 3 amide bonds. The van der Waals surface area contributed by atoms with E-state index in [0.29, 0.717) is 38.8 Å². The zero-order valence-electron chi connectivity index (χ0n) is 12.4. The maximum atomic E-state index is 12.3. The van der Waals surface area contributed by atoms with Crippen molar-refractivity contribution >= 4 is 17.9 Å². The van der Waals surface area contributed by atoms with Gasteiger partial charge < -0.3 is 20.6 Å². The molecule has 2 unspecified atom stereocenters. The van der Waals surface area contributed by atoms with Gasteiger partial charge in [0.25, 0.3) is 0 Å². The molecule has 2 fully saturated rings. The fraction of sp³-hybridized carbons (Fsp3) is 0.786. The first-order valence-electron chi connectivity index (χ1n) is 7.52. The third-order valence-electron chi connectivity index (χ3n) is 4.35. The van der Waals surface area contributed by atoms with Gasteiger partial charge >= 0.3 is 12.0 Å². The topological polar surface area (TPSA) is 98.7 Å². The predicted molar refractivity (Wildman–Crippen MR) is 75.7 cm³/mol. The minimum absolute atomic E-state index is 0.0650. The molecule has 0 saturated carbocycles. The van der Waals surface area contributed by atoms with E-state index in [-0.39, 0.29) is 24.5 Å². The number of likely N-dealkylation sites (tertiary alicyclic amines) is 1. The first-order chi connectivity index (χ1) is 9.97. The van der Waals surface area contributed by atoms with Crippen LogP contribution in [0.3, 0.4) is 0 Å². The third kappa shape index (κ3) is 3.46. The summed E-state index contributed by atoms with van der Waals surface area (Å²) < 4.78 is 0. The summed E-state index contributed by atoms with van der Waals surface area (Å²) in [5, 5.41) is 15.0. The maximum absolute atomic E-state index is 12.3. The van der Waals surface area contributed by atoms with Crippen LogP contribution >= 0.6 is 0 Å². The van der Waals surface area contributed by atoms with Crippen molar-refractivity contribution in [3.8, 4) is 0 Å². The van der Waals surface area contributed by atoms with Crippen LogP contribution in [0.4, 0.5) is 4.79 Å². The Morgan fingerprint density at radius 1 is 1.52 bits per heavy atom. The minimum Gasteiger partial charge on any atom is -0.481 e. The summed E-state index contributed by atoms with van der Waals surface area (Å²) in [6.45, 7) is 3.21. The number of carboxylic acids is 1. The molecule has 0 bridgehead atoms. The molecule has 2 rings (SSSR count). The number of nitrogens with one attached hydrogen (secondary N) is 2. The second kappa shape index (κ2) is 6.32. The molecule has 0 aromatic heterocycles. The largest absolute Gasteiger partial charge is 0.481 e. The number of hydrogen-bond acceptors (Lipinski definition) is 3. The minimum atomic E-state index is -0.825. The van der Waals surface area contributed by atoms with Crippen molar-refractivity contribution in [2.24, 2.45) is 5.41 Å². The molecule has 7 heteroatoms. The van der Waals surface area contributed by atoms with Gasteiger partial charge in [0.2, 0.25) is 5.91 Å². The van der Waals surface area contributed by atoms with Crippen LogP contribution in [0, 0.1) is 5.41 Å². The highest BCUT2D eigenvalue weighted by molar-refractivity contribution is 5.82. The van der Waals surface area contributed by atoms with Gasteiger partial charge in [0.15, 0.2) is 0 Å². The summed E-state index contributed by atoms with van der Waals surface area (Å²) in [5.41, 5.74) is -0.825. The highest BCUT2D eigenvalue weighted by Crippen LogP contribution is 2.35. The molecular formula is C14H23N3O4. The van der Waals surface area contributed by atoms with Crippen molar-refractivity contribution in [3.63, 3.8) is 0 Å². The summed E-state index contributed by atoms with van der Waals surface area (Å²) in [6.07, 6.45) is 2.96. The first-order valence-corrected chi connectivity index (χ1v) is 7.52. The summed E-state index contributed by atoms with van der Waals surface area (Å²) >= 11 is 0. The molecule has 2 atom stereocenters. The Kier molecular flexibility index (Phi) is 4.69. The fourth-order valence-electron chi connectivity index (χ4n) is 3.24. The summed E-state index contributed by atoms with van der Waals surface area (Å²) in [5.74, 6) is -0.885. The van der Waals surface area contributed by atoms with Crippen molar-refractivity contribution in [2.75, 3.05) is 19.6 Å². The van der Waals surface area contributed by atoms with Crippen molar-refractivity contribution in [3.05, 3.63) is 0 Å². The highest BCUT2D eigenvalue weighted by Gasteiger charge is 2.43. The van der Waals surface area contributed by atoms with Gasteiger partial charge in [-0.05, 0) is 19.3 Å². The zero-order valence-corrected chi connectivity index (χ0v) is 12.4. The number of piperidine rings is 1. The van der Waals surface area contributed by atoms with Crippen LogP contribution < -0.4 is 10.6 Å². The van der Waals surface area contributed by atoms with Crippen LogP contribution in [0.2, 0.25) is 0 Å². The number of amides is 3. The molecule has 2 aliphatic heterocycles. The molecule has 0 spiro atoms. The average molecular weight is 297 g/mol. The fourth-order valence-corrected chi connectivity index (χ4v) is 3.24. The van der Waals surface area contributed by atoms with E-state index in [4.69, 9.17) is 0 Å². The van der Waals surface area contributed by atoms with E-state index in [1.54, 1.807) is 4.90 Å². The maximum Gasteiger partial charge on any atom is 0.317 e. The number of rotatable bonds is 4. The van der Waals surface area contributed by atoms with E-state index in [2.05, 4.69) is 10.6 Å². The van der Waals surface area contributed by atoms with Crippen LogP contribution in [-0.4, -0.2) is 53.6 Å². The third-order valence-corrected chi connectivity index (χ3v) is 4.35. The molecule has 2 heterocycles. The quantitative estimate of drug-likeness (QED) is 0.705. The number of carbonyl (C=O) groups excluding carboxylic acids is 2. The van der Waals surface area contributed by atoms with E-state index in [0.717, 1.165) is 6.42 Å². The normalized spacial score (nSPS) is 29.1. The number of nitrogens with zero attached hydrogens (tertiary/aromatic N) is 1. The number of hydrogen-bond donors (Lipinski definition) is 3. The molecule has 7 nitrogen and oxygen atoms in total. The molecule has 0 radical (unpaired) electrons. The van der Waals surface area contributed by atoms with E-state index in [1.165, 1.54) is 0 Å². The van der Waals surface area contributed by atoms with Crippen molar-refractivity contribution in [1.29, 1.82) is 0 Å². The molecule has 2 aliphatic rings. The van der Waals surface area contributed by atoms with E-state index >= 15 is 0 Å². The van der Waals surface area contributed by atoms with Crippen molar-refractivity contribution in [2.45, 2.75) is 45.1 Å². The van der Waals surface area contributed by atoms with Gasteiger partial charge in [-0.15, -0.1) is 0 Å². The van der Waals surface area contributed by atoms with Gasteiger partial charge in [0.1, 0.15) is 0 Å². The molecule has 3 N–H and O–H groups in total. The predicted octanol–water partition coefficient (Wildman–Crippen LogP) is 0.551. The average Bonchev–Trinajstić information content (AvgIpc) is 2.84. The van der Waals surface area contributed by atoms with Gasteiger partial charge in [-0.3, -0.25) is 9.59 Å². The van der Waals surface area contributed by atoms with Crippen LogP contribution in [0.5, 0.6) is 0 Å². The van der Waals surface area contributed by atoms with Crippen LogP contribution in [0.25, 0.3) is 0 Å². The lowest BCUT2D eigenvalue weighted by Gasteiger charge is -2.40. The first kappa shape index (κ1) is 15.6. The Balaban J connectivity index is 1.97. The molecule has 0 aromatic rings. The SMILES string of the molecule is CCCC1(C(=O)O)CCCN(C(=O)NC2CNC(=O)C2)C1. The molecule has 0 aliphatic carbocycles. The van der Waals surface area contributed by atoms with Gasteiger partial charge in [-0.25, -0.2) is 4.79 Å². The van der Waals surface area contributed by atoms with E-state index in [1.807, 2.05) is 6.92 Å². The monoisotopic (exact) mass is 297 g/mol. The zero-order chi connectivity index (χ0) is 15.5. The van der Waals surface area contributed by atoms with Crippen LogP contribution in [0.15, 0.2) is 0 Å². The Morgan fingerprint density at radius 2 is 2.29 bits per heavy atom. The number of carbonyl (C=O) groups is 3.